The monoisotopic (exact) mass is 274 g/mol. The normalized spacial score (nSPS) is 10.8. The van der Waals surface area contributed by atoms with Crippen molar-refractivity contribution >= 4 is 5.97 Å². The quantitative estimate of drug-likeness (QED) is 0.741. The first-order chi connectivity index (χ1) is 9.69. The van der Waals surface area contributed by atoms with E-state index in [2.05, 4.69) is 31.9 Å². The molecule has 6 heteroatoms. The Morgan fingerprint density at radius 2 is 2.10 bits per heavy atom. The summed E-state index contributed by atoms with van der Waals surface area (Å²) in [6.07, 6.45) is 2.50. The molecule has 0 bridgehead atoms. The van der Waals surface area contributed by atoms with Crippen molar-refractivity contribution in [1.29, 1.82) is 0 Å². The van der Waals surface area contributed by atoms with E-state index in [4.69, 9.17) is 0 Å². The third-order valence-electron chi connectivity index (χ3n) is 2.92. The van der Waals surface area contributed by atoms with Crippen LogP contribution >= 0.6 is 0 Å². The summed E-state index contributed by atoms with van der Waals surface area (Å²) in [6.45, 7) is 1.48. The zero-order chi connectivity index (χ0) is 14.4. The van der Waals surface area contributed by atoms with Crippen LogP contribution in [0.4, 0.5) is 0 Å². The lowest BCUT2D eigenvalue weighted by atomic mass is 10.1. The number of esters is 1. The molecular formula is C14H18N4O2. The summed E-state index contributed by atoms with van der Waals surface area (Å²) in [7, 11) is 3.32. The molecule has 0 atom stereocenters. The van der Waals surface area contributed by atoms with E-state index in [-0.39, 0.29) is 5.82 Å². The summed E-state index contributed by atoms with van der Waals surface area (Å²) in [6, 6.07) is 10.3. The fourth-order valence-corrected chi connectivity index (χ4v) is 1.83. The fourth-order valence-electron chi connectivity index (χ4n) is 1.83. The number of hydrogen-bond donors (Lipinski definition) is 0. The van der Waals surface area contributed by atoms with Crippen LogP contribution in [0.1, 0.15) is 16.2 Å². The maximum Gasteiger partial charge on any atom is 0.377 e. The molecule has 0 N–H and O–H groups in total. The van der Waals surface area contributed by atoms with Crippen LogP contribution in [0, 0.1) is 0 Å². The lowest BCUT2D eigenvalue weighted by molar-refractivity contribution is 0.0586. The number of carbonyl (C=O) groups is 1. The third kappa shape index (κ3) is 3.89. The number of rotatable bonds is 6. The summed E-state index contributed by atoms with van der Waals surface area (Å²) < 4.78 is 6.19. The van der Waals surface area contributed by atoms with E-state index in [0.717, 1.165) is 13.0 Å². The van der Waals surface area contributed by atoms with Crippen LogP contribution in [-0.2, 0) is 17.8 Å². The number of hydrogen-bond acceptors (Lipinski definition) is 5. The molecule has 0 radical (unpaired) electrons. The first-order valence-electron chi connectivity index (χ1n) is 6.39. The molecule has 2 aromatic rings. The van der Waals surface area contributed by atoms with Crippen LogP contribution in [-0.4, -0.2) is 46.3 Å². The van der Waals surface area contributed by atoms with Crippen LogP contribution in [0.5, 0.6) is 0 Å². The number of aromatic nitrogens is 3. The van der Waals surface area contributed by atoms with Crippen molar-refractivity contribution in [2.75, 3.05) is 20.7 Å². The van der Waals surface area contributed by atoms with Gasteiger partial charge in [-0.3, -0.25) is 4.90 Å². The summed E-state index contributed by atoms with van der Waals surface area (Å²) in [5.41, 5.74) is 1.30. The van der Waals surface area contributed by atoms with Gasteiger partial charge in [-0.2, -0.15) is 0 Å². The molecule has 20 heavy (non-hydrogen) atoms. The molecule has 1 aromatic carbocycles. The number of nitrogens with zero attached hydrogens (tertiary/aromatic N) is 4. The summed E-state index contributed by atoms with van der Waals surface area (Å²) in [5, 5.41) is 4.07. The Balaban J connectivity index is 1.83. The molecule has 6 nitrogen and oxygen atoms in total. The van der Waals surface area contributed by atoms with Crippen LogP contribution < -0.4 is 0 Å². The first-order valence-corrected chi connectivity index (χ1v) is 6.39. The Labute approximate surface area is 118 Å². The van der Waals surface area contributed by atoms with Gasteiger partial charge in [-0.25, -0.2) is 14.5 Å². The molecule has 0 saturated carbocycles. The Morgan fingerprint density at radius 3 is 2.80 bits per heavy atom. The van der Waals surface area contributed by atoms with Gasteiger partial charge in [0, 0.05) is 6.54 Å². The van der Waals surface area contributed by atoms with Gasteiger partial charge in [0.15, 0.2) is 0 Å². The smallest absolute Gasteiger partial charge is 0.377 e. The van der Waals surface area contributed by atoms with Gasteiger partial charge in [-0.15, -0.1) is 5.10 Å². The number of likely N-dealkylation sites (N-methyl/N-ethyl adjacent to an activating group) is 1. The number of carbonyl (C=O) groups excluding carboxylic acids is 1. The molecule has 0 amide bonds. The first kappa shape index (κ1) is 14.2. The molecule has 0 unspecified atom stereocenters. The van der Waals surface area contributed by atoms with Gasteiger partial charge >= 0.3 is 5.97 Å². The molecule has 0 saturated heterocycles. The minimum atomic E-state index is -0.518. The molecule has 1 heterocycles. The van der Waals surface area contributed by atoms with Crippen LogP contribution in [0.25, 0.3) is 0 Å². The predicted molar refractivity (Wildman–Crippen MR) is 74.1 cm³/mol. The molecule has 0 aliphatic carbocycles. The van der Waals surface area contributed by atoms with Gasteiger partial charge in [0.2, 0.25) is 0 Å². The van der Waals surface area contributed by atoms with E-state index in [9.17, 15) is 4.79 Å². The van der Waals surface area contributed by atoms with Crippen molar-refractivity contribution in [2.24, 2.45) is 0 Å². The van der Waals surface area contributed by atoms with Gasteiger partial charge in [-0.1, -0.05) is 30.3 Å². The van der Waals surface area contributed by atoms with E-state index in [1.165, 1.54) is 19.0 Å². The van der Waals surface area contributed by atoms with Gasteiger partial charge < -0.3 is 4.74 Å². The zero-order valence-corrected chi connectivity index (χ0v) is 11.7. The lowest BCUT2D eigenvalue weighted by Crippen LogP contribution is -2.25. The highest BCUT2D eigenvalue weighted by atomic mass is 16.5. The number of ether oxygens (including phenoxy) is 1. The van der Waals surface area contributed by atoms with E-state index < -0.39 is 5.97 Å². The number of benzene rings is 1. The van der Waals surface area contributed by atoms with E-state index in [0.29, 0.717) is 6.67 Å². The third-order valence-corrected chi connectivity index (χ3v) is 2.92. The van der Waals surface area contributed by atoms with E-state index in [1.807, 2.05) is 25.2 Å². The highest BCUT2D eigenvalue weighted by molar-refractivity contribution is 5.84. The van der Waals surface area contributed by atoms with E-state index in [1.54, 1.807) is 4.68 Å². The average Bonchev–Trinajstić information content (AvgIpc) is 2.94. The summed E-state index contributed by atoms with van der Waals surface area (Å²) >= 11 is 0. The Kier molecular flexibility index (Phi) is 4.84. The van der Waals surface area contributed by atoms with Gasteiger partial charge in [0.1, 0.15) is 6.33 Å². The van der Waals surface area contributed by atoms with Crippen molar-refractivity contribution in [2.45, 2.75) is 13.1 Å². The second-order valence-electron chi connectivity index (χ2n) is 4.56. The molecule has 0 spiro atoms. The molecule has 1 aromatic heterocycles. The standard InChI is InChI=1S/C14H18N4O2/c1-17(9-8-12-6-4-3-5-7-12)11-18-10-15-13(16-18)14(19)20-2/h3-7,10H,8-9,11H2,1-2H3. The average molecular weight is 274 g/mol. The highest BCUT2D eigenvalue weighted by Gasteiger charge is 2.11. The molecule has 0 aliphatic heterocycles. The van der Waals surface area contributed by atoms with Gasteiger partial charge in [-0.05, 0) is 19.0 Å². The van der Waals surface area contributed by atoms with Gasteiger partial charge in [0.05, 0.1) is 13.8 Å². The second kappa shape index (κ2) is 6.81. The maximum absolute atomic E-state index is 11.2. The Hall–Kier alpha value is -2.21. The Morgan fingerprint density at radius 1 is 1.35 bits per heavy atom. The minimum absolute atomic E-state index is 0.0870. The zero-order valence-electron chi connectivity index (χ0n) is 11.7. The van der Waals surface area contributed by atoms with Crippen molar-refractivity contribution < 1.29 is 9.53 Å². The predicted octanol–water partition coefficient (Wildman–Crippen LogP) is 1.20. The molecular weight excluding hydrogens is 256 g/mol. The summed E-state index contributed by atoms with van der Waals surface area (Å²) in [5.74, 6) is -0.431. The Bertz CT molecular complexity index is 553. The molecule has 0 aliphatic rings. The van der Waals surface area contributed by atoms with Crippen molar-refractivity contribution in [3.05, 3.63) is 48.0 Å². The molecule has 106 valence electrons. The highest BCUT2D eigenvalue weighted by Crippen LogP contribution is 2.01. The minimum Gasteiger partial charge on any atom is -0.463 e. The van der Waals surface area contributed by atoms with Crippen molar-refractivity contribution in [1.82, 2.24) is 19.7 Å². The largest absolute Gasteiger partial charge is 0.463 e. The summed E-state index contributed by atoms with van der Waals surface area (Å²) in [4.78, 5) is 17.3. The lowest BCUT2D eigenvalue weighted by Gasteiger charge is -2.15. The van der Waals surface area contributed by atoms with Crippen LogP contribution in [0.15, 0.2) is 36.7 Å². The molecule has 2 rings (SSSR count). The molecule has 0 fully saturated rings. The van der Waals surface area contributed by atoms with Crippen LogP contribution in [0.2, 0.25) is 0 Å². The van der Waals surface area contributed by atoms with Crippen molar-refractivity contribution in [3.63, 3.8) is 0 Å². The second-order valence-corrected chi connectivity index (χ2v) is 4.56. The van der Waals surface area contributed by atoms with E-state index >= 15 is 0 Å². The SMILES string of the molecule is COC(=O)c1ncn(CN(C)CCc2ccccc2)n1. The number of methoxy groups -OCH3 is 1. The van der Waals surface area contributed by atoms with Crippen LogP contribution in [0.3, 0.4) is 0 Å². The fraction of sp³-hybridized carbons (Fsp3) is 0.357. The maximum atomic E-state index is 11.2. The topological polar surface area (TPSA) is 60.2 Å². The van der Waals surface area contributed by atoms with Gasteiger partial charge in [0.25, 0.3) is 5.82 Å². The van der Waals surface area contributed by atoms with Crippen molar-refractivity contribution in [3.8, 4) is 0 Å².